The molecule has 1 aromatic heterocycles. The molecule has 2 fully saturated rings. The van der Waals surface area contributed by atoms with Crippen LogP contribution in [0.5, 0.6) is 0 Å². The number of aromatic nitrogens is 2. The summed E-state index contributed by atoms with van der Waals surface area (Å²) in [5, 5.41) is 0. The quantitative estimate of drug-likeness (QED) is 0.624. The van der Waals surface area contributed by atoms with E-state index in [0.717, 1.165) is 25.3 Å². The van der Waals surface area contributed by atoms with Crippen molar-refractivity contribution in [1.29, 1.82) is 0 Å². The number of likely N-dealkylation sites (tertiary alicyclic amines) is 1. The van der Waals surface area contributed by atoms with Crippen molar-refractivity contribution in [1.82, 2.24) is 14.9 Å². The standard InChI is InChI=1S/C25H28N4O2/c30-25(29(24-13-26-18-27-24)22-9-5-2-6-10-22)31-17-23-20-11-12-21(23)16-28(15-20)14-19-7-3-1-4-8-19/h1-10,13,18,20-21,23H,11-12,14-17H2,(H,26,27). The second-order valence-electron chi connectivity index (χ2n) is 8.63. The molecule has 5 rings (SSSR count). The molecule has 1 aliphatic heterocycles. The lowest BCUT2D eigenvalue weighted by molar-refractivity contribution is 0.0514. The number of aromatic amines is 1. The number of piperidine rings is 1. The average Bonchev–Trinajstić information content (AvgIpc) is 3.40. The number of amides is 1. The number of nitrogens with zero attached hydrogens (tertiary/aromatic N) is 3. The lowest BCUT2D eigenvalue weighted by atomic mass is 9.85. The van der Waals surface area contributed by atoms with E-state index < -0.39 is 0 Å². The van der Waals surface area contributed by atoms with Crippen molar-refractivity contribution in [2.75, 3.05) is 24.6 Å². The van der Waals surface area contributed by atoms with E-state index in [9.17, 15) is 4.79 Å². The van der Waals surface area contributed by atoms with Crippen molar-refractivity contribution in [3.05, 3.63) is 78.8 Å². The van der Waals surface area contributed by atoms with Gasteiger partial charge in [-0.3, -0.25) is 4.90 Å². The van der Waals surface area contributed by atoms with Gasteiger partial charge in [-0.25, -0.2) is 14.7 Å². The lowest BCUT2D eigenvalue weighted by Crippen LogP contribution is -2.43. The maximum Gasteiger partial charge on any atom is 0.420 e. The Morgan fingerprint density at radius 3 is 2.35 bits per heavy atom. The highest BCUT2D eigenvalue weighted by Gasteiger charge is 2.42. The number of fused-ring (bicyclic) bond motifs is 2. The number of rotatable bonds is 6. The maximum absolute atomic E-state index is 13.1. The van der Waals surface area contributed by atoms with Gasteiger partial charge in [0, 0.05) is 25.6 Å². The highest BCUT2D eigenvalue weighted by molar-refractivity contribution is 5.94. The summed E-state index contributed by atoms with van der Waals surface area (Å²) in [6.45, 7) is 3.64. The van der Waals surface area contributed by atoms with E-state index in [1.165, 1.54) is 18.4 Å². The summed E-state index contributed by atoms with van der Waals surface area (Å²) < 4.78 is 5.88. The zero-order valence-electron chi connectivity index (χ0n) is 17.6. The van der Waals surface area contributed by atoms with Gasteiger partial charge in [0.05, 0.1) is 24.8 Å². The van der Waals surface area contributed by atoms with Gasteiger partial charge >= 0.3 is 6.09 Å². The van der Waals surface area contributed by atoms with Crippen molar-refractivity contribution in [3.8, 4) is 0 Å². The number of benzene rings is 2. The molecule has 0 spiro atoms. The van der Waals surface area contributed by atoms with Crippen LogP contribution in [-0.2, 0) is 11.3 Å². The minimum atomic E-state index is -0.360. The fourth-order valence-corrected chi connectivity index (χ4v) is 5.20. The molecule has 6 heteroatoms. The Morgan fingerprint density at radius 1 is 1.03 bits per heavy atom. The van der Waals surface area contributed by atoms with Gasteiger partial charge in [-0.15, -0.1) is 0 Å². The van der Waals surface area contributed by atoms with Crippen LogP contribution in [0.1, 0.15) is 18.4 Å². The number of imidazole rings is 1. The highest BCUT2D eigenvalue weighted by atomic mass is 16.6. The first-order valence-corrected chi connectivity index (χ1v) is 11.0. The first kappa shape index (κ1) is 19.8. The van der Waals surface area contributed by atoms with Crippen LogP contribution in [0.15, 0.2) is 73.2 Å². The fraction of sp³-hybridized carbons (Fsp3) is 0.360. The predicted octanol–water partition coefficient (Wildman–Crippen LogP) is 4.84. The van der Waals surface area contributed by atoms with E-state index >= 15 is 0 Å². The average molecular weight is 417 g/mol. The Kier molecular flexibility index (Phi) is 5.71. The number of hydrogen-bond donors (Lipinski definition) is 1. The van der Waals surface area contributed by atoms with Crippen LogP contribution in [0.4, 0.5) is 16.3 Å². The van der Waals surface area contributed by atoms with E-state index in [1.54, 1.807) is 17.4 Å². The Bertz CT molecular complexity index is 963. The van der Waals surface area contributed by atoms with E-state index in [1.807, 2.05) is 30.3 Å². The summed E-state index contributed by atoms with van der Waals surface area (Å²) in [5.74, 6) is 2.23. The van der Waals surface area contributed by atoms with Gasteiger partial charge in [0.1, 0.15) is 5.82 Å². The van der Waals surface area contributed by atoms with E-state index in [0.29, 0.717) is 30.2 Å². The Hall–Kier alpha value is -3.12. The third kappa shape index (κ3) is 4.35. The van der Waals surface area contributed by atoms with Gasteiger partial charge in [-0.1, -0.05) is 48.5 Å². The SMILES string of the molecule is O=C(OCC1C2CCC1CN(Cc1ccccc1)C2)N(c1ccccc1)c1cnc[nH]1. The molecule has 2 heterocycles. The fourth-order valence-electron chi connectivity index (χ4n) is 5.20. The molecule has 6 nitrogen and oxygen atoms in total. The van der Waals surface area contributed by atoms with Gasteiger partial charge in [-0.05, 0) is 42.4 Å². The van der Waals surface area contributed by atoms with Crippen molar-refractivity contribution >= 4 is 17.6 Å². The topological polar surface area (TPSA) is 61.5 Å². The van der Waals surface area contributed by atoms with Crippen molar-refractivity contribution in [2.45, 2.75) is 19.4 Å². The summed E-state index contributed by atoms with van der Waals surface area (Å²) in [6.07, 6.45) is 5.30. The van der Waals surface area contributed by atoms with Gasteiger partial charge in [-0.2, -0.15) is 0 Å². The number of anilines is 2. The molecule has 2 aliphatic rings. The summed E-state index contributed by atoms with van der Waals surface area (Å²) in [4.78, 5) is 24.3. The van der Waals surface area contributed by atoms with E-state index in [-0.39, 0.29) is 6.09 Å². The molecule has 2 unspecified atom stereocenters. The maximum atomic E-state index is 13.1. The number of ether oxygens (including phenoxy) is 1. The van der Waals surface area contributed by atoms with Gasteiger partial charge < -0.3 is 9.72 Å². The van der Waals surface area contributed by atoms with Crippen LogP contribution < -0.4 is 4.90 Å². The lowest BCUT2D eigenvalue weighted by Gasteiger charge is -2.38. The Morgan fingerprint density at radius 2 is 1.71 bits per heavy atom. The normalized spacial score (nSPS) is 22.9. The van der Waals surface area contributed by atoms with Crippen LogP contribution in [0.3, 0.4) is 0 Å². The number of carbonyl (C=O) groups excluding carboxylic acids is 1. The summed E-state index contributed by atoms with van der Waals surface area (Å²) in [7, 11) is 0. The molecule has 2 aromatic carbocycles. The Balaban J connectivity index is 1.22. The van der Waals surface area contributed by atoms with Crippen molar-refractivity contribution in [2.24, 2.45) is 17.8 Å². The molecule has 1 aliphatic carbocycles. The van der Waals surface area contributed by atoms with Gasteiger partial charge in [0.2, 0.25) is 0 Å². The zero-order valence-corrected chi connectivity index (χ0v) is 17.6. The molecule has 1 saturated heterocycles. The second-order valence-corrected chi connectivity index (χ2v) is 8.63. The molecule has 2 atom stereocenters. The second kappa shape index (κ2) is 8.94. The Labute approximate surface area is 182 Å². The van der Waals surface area contributed by atoms with Crippen LogP contribution in [-0.4, -0.2) is 40.7 Å². The first-order chi connectivity index (χ1) is 15.3. The van der Waals surface area contributed by atoms with Gasteiger partial charge in [0.25, 0.3) is 0 Å². The summed E-state index contributed by atoms with van der Waals surface area (Å²) in [6, 6.07) is 20.2. The van der Waals surface area contributed by atoms with Crippen LogP contribution in [0, 0.1) is 17.8 Å². The van der Waals surface area contributed by atoms with Crippen LogP contribution >= 0.6 is 0 Å². The monoisotopic (exact) mass is 416 g/mol. The number of carbonyl (C=O) groups is 1. The summed E-state index contributed by atoms with van der Waals surface area (Å²) >= 11 is 0. The molecular formula is C25H28N4O2. The number of hydrogen-bond acceptors (Lipinski definition) is 4. The van der Waals surface area contributed by atoms with E-state index in [4.69, 9.17) is 4.74 Å². The molecule has 160 valence electrons. The third-order valence-corrected chi connectivity index (χ3v) is 6.67. The predicted molar refractivity (Wildman–Crippen MR) is 120 cm³/mol. The zero-order chi connectivity index (χ0) is 21.0. The molecule has 0 radical (unpaired) electrons. The van der Waals surface area contributed by atoms with Crippen LogP contribution in [0.25, 0.3) is 0 Å². The number of H-pyrrole nitrogens is 1. The highest BCUT2D eigenvalue weighted by Crippen LogP contribution is 2.42. The molecule has 1 N–H and O–H groups in total. The van der Waals surface area contributed by atoms with Crippen molar-refractivity contribution < 1.29 is 9.53 Å². The molecule has 31 heavy (non-hydrogen) atoms. The molecule has 1 saturated carbocycles. The third-order valence-electron chi connectivity index (χ3n) is 6.67. The van der Waals surface area contributed by atoms with Gasteiger partial charge in [0.15, 0.2) is 0 Å². The molecule has 1 amide bonds. The molecular weight excluding hydrogens is 388 g/mol. The number of nitrogens with one attached hydrogen (secondary N) is 1. The smallest absolute Gasteiger partial charge is 0.420 e. The van der Waals surface area contributed by atoms with Crippen molar-refractivity contribution in [3.63, 3.8) is 0 Å². The minimum Gasteiger partial charge on any atom is -0.449 e. The first-order valence-electron chi connectivity index (χ1n) is 11.0. The number of para-hydroxylation sites is 1. The minimum absolute atomic E-state index is 0.360. The summed E-state index contributed by atoms with van der Waals surface area (Å²) in [5.41, 5.74) is 2.13. The largest absolute Gasteiger partial charge is 0.449 e. The van der Waals surface area contributed by atoms with E-state index in [2.05, 4.69) is 45.2 Å². The molecule has 2 bridgehead atoms. The van der Waals surface area contributed by atoms with Crippen LogP contribution in [0.2, 0.25) is 0 Å². The molecule has 3 aromatic rings.